The van der Waals surface area contributed by atoms with Crippen LogP contribution in [0, 0.1) is 12.8 Å². The smallest absolute Gasteiger partial charge is 0.337 e. The minimum Gasteiger partial charge on any atom is -0.465 e. The maximum Gasteiger partial charge on any atom is 0.337 e. The minimum atomic E-state index is -0.342. The maximum absolute atomic E-state index is 13.1. The van der Waals surface area contributed by atoms with Crippen molar-refractivity contribution in [2.45, 2.75) is 45.3 Å². The van der Waals surface area contributed by atoms with Crippen LogP contribution < -0.4 is 5.32 Å². The molecule has 210 valence electrons. The lowest BCUT2D eigenvalue weighted by Crippen LogP contribution is -2.33. The number of benzene rings is 3. The summed E-state index contributed by atoms with van der Waals surface area (Å²) in [6, 6.07) is 22.2. The van der Waals surface area contributed by atoms with E-state index in [-0.39, 0.29) is 17.8 Å². The Kier molecular flexibility index (Phi) is 7.45. The van der Waals surface area contributed by atoms with Gasteiger partial charge in [0.15, 0.2) is 0 Å². The molecule has 41 heavy (non-hydrogen) atoms. The molecule has 2 atom stereocenters. The molecule has 1 saturated carbocycles. The highest BCUT2D eigenvalue weighted by atomic mass is 16.5. The van der Waals surface area contributed by atoms with Crippen LogP contribution in [0.5, 0.6) is 0 Å². The molecule has 1 aromatic heterocycles. The third kappa shape index (κ3) is 5.55. The highest BCUT2D eigenvalue weighted by molar-refractivity contribution is 5.91. The van der Waals surface area contributed by atoms with Gasteiger partial charge in [0.1, 0.15) is 0 Å². The number of methoxy groups -OCH3 is 1. The molecule has 3 aromatic carbocycles. The van der Waals surface area contributed by atoms with E-state index >= 15 is 0 Å². The minimum absolute atomic E-state index is 0.0391. The number of carbonyl (C=O) groups excluding carboxylic acids is 2. The summed E-state index contributed by atoms with van der Waals surface area (Å²) < 4.78 is 7.02. The molecule has 4 aromatic rings. The molecule has 1 aliphatic carbocycles. The third-order valence-electron chi connectivity index (χ3n) is 8.70. The van der Waals surface area contributed by atoms with Crippen LogP contribution in [-0.2, 0) is 42.6 Å². The fourth-order valence-electron chi connectivity index (χ4n) is 6.07. The van der Waals surface area contributed by atoms with Crippen LogP contribution in [-0.4, -0.2) is 40.0 Å². The van der Waals surface area contributed by atoms with Crippen molar-refractivity contribution in [3.63, 3.8) is 0 Å². The Balaban J connectivity index is 1.26. The van der Waals surface area contributed by atoms with E-state index in [0.717, 1.165) is 54.9 Å². The lowest BCUT2D eigenvalue weighted by molar-refractivity contribution is -0.122. The molecule has 1 fully saturated rings. The lowest BCUT2D eigenvalue weighted by Gasteiger charge is -2.32. The van der Waals surface area contributed by atoms with Gasteiger partial charge in [0, 0.05) is 44.8 Å². The molecular weight excluding hydrogens is 512 g/mol. The molecule has 1 N–H and O–H groups in total. The zero-order valence-corrected chi connectivity index (χ0v) is 23.9. The van der Waals surface area contributed by atoms with Gasteiger partial charge in [-0.3, -0.25) is 9.69 Å². The van der Waals surface area contributed by atoms with Crippen molar-refractivity contribution in [1.29, 1.82) is 0 Å². The fraction of sp³-hybridized carbons (Fsp3) is 0.324. The summed E-state index contributed by atoms with van der Waals surface area (Å²) in [6.45, 7) is 5.06. The van der Waals surface area contributed by atoms with E-state index in [0.29, 0.717) is 18.0 Å². The monoisotopic (exact) mass is 548 g/mol. The molecule has 1 aliphatic heterocycles. The average molecular weight is 549 g/mol. The first-order valence-electron chi connectivity index (χ1n) is 14.3. The van der Waals surface area contributed by atoms with Crippen molar-refractivity contribution < 1.29 is 14.3 Å². The van der Waals surface area contributed by atoms with Crippen molar-refractivity contribution in [3.05, 3.63) is 112 Å². The highest BCUT2D eigenvalue weighted by Crippen LogP contribution is 2.47. The molecule has 0 bridgehead atoms. The van der Waals surface area contributed by atoms with Gasteiger partial charge in [0.05, 0.1) is 24.7 Å². The molecule has 0 radical (unpaired) electrons. The topological polar surface area (TPSA) is 76.5 Å². The van der Waals surface area contributed by atoms with Gasteiger partial charge in [-0.05, 0) is 71.2 Å². The van der Waals surface area contributed by atoms with E-state index in [1.807, 2.05) is 49.8 Å². The average Bonchev–Trinajstić information content (AvgIpc) is 3.76. The summed E-state index contributed by atoms with van der Waals surface area (Å²) >= 11 is 0. The zero-order chi connectivity index (χ0) is 28.5. The molecule has 7 nitrogen and oxygen atoms in total. The van der Waals surface area contributed by atoms with Crippen molar-refractivity contribution in [3.8, 4) is 11.1 Å². The van der Waals surface area contributed by atoms with Crippen molar-refractivity contribution in [2.24, 2.45) is 13.0 Å². The van der Waals surface area contributed by atoms with Gasteiger partial charge >= 0.3 is 5.97 Å². The number of nitrogens with one attached hydrogen (secondary N) is 1. The van der Waals surface area contributed by atoms with Crippen LogP contribution in [0.4, 0.5) is 0 Å². The SMILES string of the molecule is COC(=O)c1cccc(-c2ccc(CNC(=O)C3CC3c3ccccc3)c3c2CCN(Cc2ncn(C)c2C)C3)c1. The first-order chi connectivity index (χ1) is 19.9. The molecule has 2 unspecified atom stereocenters. The lowest BCUT2D eigenvalue weighted by atomic mass is 9.87. The molecule has 2 aliphatic rings. The highest BCUT2D eigenvalue weighted by Gasteiger charge is 2.43. The Labute approximate surface area is 241 Å². The number of esters is 1. The van der Waals surface area contributed by atoms with E-state index in [1.165, 1.54) is 29.5 Å². The molecule has 7 heteroatoms. The Morgan fingerprint density at radius 3 is 2.63 bits per heavy atom. The fourth-order valence-corrected chi connectivity index (χ4v) is 6.07. The second-order valence-corrected chi connectivity index (χ2v) is 11.2. The number of hydrogen-bond donors (Lipinski definition) is 1. The summed E-state index contributed by atoms with van der Waals surface area (Å²) in [5.74, 6) is 0.133. The number of aryl methyl sites for hydroxylation is 1. The van der Waals surface area contributed by atoms with Gasteiger partial charge < -0.3 is 14.6 Å². The van der Waals surface area contributed by atoms with Gasteiger partial charge in [0.25, 0.3) is 0 Å². The number of ether oxygens (including phenoxy) is 1. The summed E-state index contributed by atoms with van der Waals surface area (Å²) in [7, 11) is 3.43. The van der Waals surface area contributed by atoms with E-state index in [1.54, 1.807) is 6.07 Å². The third-order valence-corrected chi connectivity index (χ3v) is 8.70. The number of rotatable bonds is 8. The molecule has 0 saturated heterocycles. The maximum atomic E-state index is 13.1. The Bertz CT molecular complexity index is 1590. The predicted molar refractivity (Wildman–Crippen MR) is 158 cm³/mol. The van der Waals surface area contributed by atoms with E-state index in [9.17, 15) is 9.59 Å². The van der Waals surface area contributed by atoms with Gasteiger partial charge in [-0.2, -0.15) is 0 Å². The number of hydrogen-bond acceptors (Lipinski definition) is 5. The predicted octanol–water partition coefficient (Wildman–Crippen LogP) is 5.16. The van der Waals surface area contributed by atoms with Crippen LogP contribution in [0.1, 0.15) is 56.3 Å². The quantitative estimate of drug-likeness (QED) is 0.308. The number of fused-ring (bicyclic) bond motifs is 1. The second-order valence-electron chi connectivity index (χ2n) is 11.2. The van der Waals surface area contributed by atoms with Crippen LogP contribution in [0.2, 0.25) is 0 Å². The molecule has 1 amide bonds. The first-order valence-corrected chi connectivity index (χ1v) is 14.3. The van der Waals surface area contributed by atoms with Gasteiger partial charge in [-0.15, -0.1) is 0 Å². The summed E-state index contributed by atoms with van der Waals surface area (Å²) in [4.78, 5) is 32.4. The molecule has 6 rings (SSSR count). The largest absolute Gasteiger partial charge is 0.465 e. The van der Waals surface area contributed by atoms with Crippen LogP contribution in [0.15, 0.2) is 73.1 Å². The second kappa shape index (κ2) is 11.3. The number of carbonyl (C=O) groups is 2. The van der Waals surface area contributed by atoms with Gasteiger partial charge in [-0.25, -0.2) is 9.78 Å². The van der Waals surface area contributed by atoms with E-state index in [4.69, 9.17) is 4.74 Å². The Morgan fingerprint density at radius 2 is 1.88 bits per heavy atom. The molecule has 2 heterocycles. The van der Waals surface area contributed by atoms with Crippen LogP contribution in [0.3, 0.4) is 0 Å². The van der Waals surface area contributed by atoms with Gasteiger partial charge in [-0.1, -0.05) is 54.6 Å². The number of nitrogens with zero attached hydrogens (tertiary/aromatic N) is 3. The molecular formula is C34H36N4O3. The number of aromatic nitrogens is 2. The first kappa shape index (κ1) is 27.0. The summed E-state index contributed by atoms with van der Waals surface area (Å²) in [6.07, 6.45) is 3.65. The van der Waals surface area contributed by atoms with Gasteiger partial charge in [0.2, 0.25) is 5.91 Å². The van der Waals surface area contributed by atoms with E-state index < -0.39 is 0 Å². The standard InChI is InChI=1S/C34H36N4O3/c1-22-32(36-21-37(22)2)20-38-15-14-28-27(24-10-7-11-25(16-24)34(40)41-3)13-12-26(31(28)19-38)18-35-33(39)30-17-29(30)23-8-5-4-6-9-23/h4-13,16,21,29-30H,14-15,17-20H2,1-3H3,(H,35,39). The number of amides is 1. The number of imidazole rings is 1. The zero-order valence-electron chi connectivity index (χ0n) is 23.9. The van der Waals surface area contributed by atoms with Crippen molar-refractivity contribution in [1.82, 2.24) is 19.8 Å². The van der Waals surface area contributed by atoms with Crippen molar-refractivity contribution in [2.75, 3.05) is 13.7 Å². The Morgan fingerprint density at radius 1 is 1.05 bits per heavy atom. The summed E-state index contributed by atoms with van der Waals surface area (Å²) in [5, 5.41) is 3.24. The summed E-state index contributed by atoms with van der Waals surface area (Å²) in [5.41, 5.74) is 9.84. The van der Waals surface area contributed by atoms with E-state index in [2.05, 4.69) is 51.0 Å². The van der Waals surface area contributed by atoms with Crippen LogP contribution in [0.25, 0.3) is 11.1 Å². The van der Waals surface area contributed by atoms with Crippen molar-refractivity contribution >= 4 is 11.9 Å². The Hall–Kier alpha value is -4.23. The molecule has 0 spiro atoms. The van der Waals surface area contributed by atoms with Crippen LogP contribution >= 0.6 is 0 Å². The normalized spacial score (nSPS) is 18.0.